The Bertz CT molecular complexity index is 431. The summed E-state index contributed by atoms with van der Waals surface area (Å²) < 4.78 is 0. The van der Waals surface area contributed by atoms with Crippen LogP contribution in [0, 0.1) is 0 Å². The molecule has 20 heavy (non-hydrogen) atoms. The summed E-state index contributed by atoms with van der Waals surface area (Å²) in [6, 6.07) is 3.83. The van der Waals surface area contributed by atoms with E-state index < -0.39 is 6.10 Å². The molecule has 2 rings (SSSR count). The third-order valence-corrected chi connectivity index (χ3v) is 4.85. The van der Waals surface area contributed by atoms with Crippen LogP contribution < -0.4 is 5.73 Å². The average Bonchev–Trinajstić information content (AvgIpc) is 2.49. The summed E-state index contributed by atoms with van der Waals surface area (Å²) in [5.41, 5.74) is 6.66. The van der Waals surface area contributed by atoms with Gasteiger partial charge in [0.1, 0.15) is 5.82 Å². The first kappa shape index (κ1) is 15.3. The summed E-state index contributed by atoms with van der Waals surface area (Å²) in [4.78, 5) is 6.56. The van der Waals surface area contributed by atoms with Crippen molar-refractivity contribution in [2.24, 2.45) is 0 Å². The van der Waals surface area contributed by atoms with Crippen molar-refractivity contribution in [3.05, 3.63) is 23.9 Å². The van der Waals surface area contributed by atoms with Crippen molar-refractivity contribution >= 4 is 5.82 Å². The van der Waals surface area contributed by atoms with Crippen molar-refractivity contribution in [2.45, 2.75) is 57.6 Å². The van der Waals surface area contributed by atoms with Crippen LogP contribution in [0.4, 0.5) is 5.82 Å². The Morgan fingerprint density at radius 1 is 1.40 bits per heavy atom. The maximum atomic E-state index is 10.8. The second-order valence-electron chi connectivity index (χ2n) is 6.03. The maximum absolute atomic E-state index is 10.8. The summed E-state index contributed by atoms with van der Waals surface area (Å²) in [6.07, 6.45) is 6.55. The lowest BCUT2D eigenvalue weighted by molar-refractivity contribution is -0.0328. The van der Waals surface area contributed by atoms with E-state index in [1.54, 1.807) is 6.20 Å². The Labute approximate surface area is 122 Å². The number of hydrogen-bond donors (Lipinski definition) is 2. The van der Waals surface area contributed by atoms with Crippen molar-refractivity contribution < 1.29 is 5.11 Å². The highest BCUT2D eigenvalue weighted by Gasteiger charge is 2.37. The Morgan fingerprint density at radius 3 is 2.70 bits per heavy atom. The second kappa shape index (κ2) is 6.55. The number of hydrogen-bond acceptors (Lipinski definition) is 4. The fourth-order valence-corrected chi connectivity index (χ4v) is 3.13. The molecule has 1 aromatic rings. The molecule has 0 amide bonds. The fraction of sp³-hybridized carbons (Fsp3) is 0.688. The van der Waals surface area contributed by atoms with Crippen LogP contribution in [-0.4, -0.2) is 39.7 Å². The number of pyridine rings is 1. The third-order valence-electron chi connectivity index (χ3n) is 4.85. The summed E-state index contributed by atoms with van der Waals surface area (Å²) in [6.45, 7) is 6.51. The van der Waals surface area contributed by atoms with Gasteiger partial charge >= 0.3 is 0 Å². The van der Waals surface area contributed by atoms with Crippen LogP contribution in [0.2, 0.25) is 0 Å². The van der Waals surface area contributed by atoms with E-state index in [4.69, 9.17) is 5.73 Å². The van der Waals surface area contributed by atoms with Gasteiger partial charge in [-0.3, -0.25) is 4.90 Å². The van der Waals surface area contributed by atoms with E-state index in [2.05, 4.69) is 23.7 Å². The third kappa shape index (κ3) is 3.13. The summed E-state index contributed by atoms with van der Waals surface area (Å²) in [7, 11) is 0. The largest absolute Gasteiger partial charge is 0.391 e. The maximum Gasteiger partial charge on any atom is 0.126 e. The Kier molecular flexibility index (Phi) is 5.00. The van der Waals surface area contributed by atoms with E-state index in [9.17, 15) is 5.11 Å². The van der Waals surface area contributed by atoms with Crippen molar-refractivity contribution in [3.63, 3.8) is 0 Å². The molecule has 2 heterocycles. The van der Waals surface area contributed by atoms with E-state index in [0.29, 0.717) is 12.2 Å². The molecule has 2 unspecified atom stereocenters. The zero-order valence-electron chi connectivity index (χ0n) is 12.7. The smallest absolute Gasteiger partial charge is 0.126 e. The zero-order chi connectivity index (χ0) is 14.6. The van der Waals surface area contributed by atoms with Crippen LogP contribution in [0.5, 0.6) is 0 Å². The van der Waals surface area contributed by atoms with Crippen molar-refractivity contribution in [1.29, 1.82) is 0 Å². The van der Waals surface area contributed by atoms with Gasteiger partial charge in [-0.05, 0) is 50.9 Å². The van der Waals surface area contributed by atoms with Gasteiger partial charge in [-0.15, -0.1) is 0 Å². The molecule has 1 fully saturated rings. The minimum atomic E-state index is -0.419. The summed E-state index contributed by atoms with van der Waals surface area (Å²) in [5, 5.41) is 10.8. The van der Waals surface area contributed by atoms with Gasteiger partial charge in [0.2, 0.25) is 0 Å². The van der Waals surface area contributed by atoms with Crippen LogP contribution in [0.25, 0.3) is 0 Å². The lowest BCUT2D eigenvalue weighted by Gasteiger charge is -2.46. The highest BCUT2D eigenvalue weighted by Crippen LogP contribution is 2.29. The minimum absolute atomic E-state index is 0.178. The topological polar surface area (TPSA) is 62.4 Å². The predicted molar refractivity (Wildman–Crippen MR) is 82.5 cm³/mol. The van der Waals surface area contributed by atoms with Crippen molar-refractivity contribution in [2.75, 3.05) is 18.8 Å². The Morgan fingerprint density at radius 2 is 2.10 bits per heavy atom. The van der Waals surface area contributed by atoms with Gasteiger partial charge in [-0.1, -0.05) is 19.4 Å². The van der Waals surface area contributed by atoms with E-state index >= 15 is 0 Å². The molecule has 0 spiro atoms. The molecular formula is C16H27N3O. The molecule has 1 aliphatic heterocycles. The standard InChI is InChI=1S/C16H27N3O/c1-3-16(2,19-10-5-4-6-11-19)14(20)12-13-8-7-9-18-15(13)17/h7-9,14,20H,3-6,10-12H2,1-2H3,(H2,17,18). The van der Waals surface area contributed by atoms with E-state index in [1.807, 2.05) is 12.1 Å². The lowest BCUT2D eigenvalue weighted by atomic mass is 9.84. The van der Waals surface area contributed by atoms with Crippen molar-refractivity contribution in [1.82, 2.24) is 9.88 Å². The number of aromatic nitrogens is 1. The van der Waals surface area contributed by atoms with E-state index in [-0.39, 0.29) is 5.54 Å². The first-order valence-electron chi connectivity index (χ1n) is 7.70. The number of piperidine rings is 1. The Hall–Kier alpha value is -1.13. The molecule has 0 aromatic carbocycles. The molecule has 0 saturated carbocycles. The summed E-state index contributed by atoms with van der Waals surface area (Å²) >= 11 is 0. The molecule has 1 aliphatic rings. The predicted octanol–water partition coefficient (Wildman–Crippen LogP) is 2.22. The van der Waals surface area contributed by atoms with Gasteiger partial charge in [-0.2, -0.15) is 0 Å². The molecule has 2 atom stereocenters. The molecule has 4 heteroatoms. The van der Waals surface area contributed by atoms with Gasteiger partial charge in [0.25, 0.3) is 0 Å². The number of aliphatic hydroxyl groups excluding tert-OH is 1. The highest BCUT2D eigenvalue weighted by atomic mass is 16.3. The number of anilines is 1. The van der Waals surface area contributed by atoms with Gasteiger partial charge in [0, 0.05) is 18.2 Å². The zero-order valence-corrected chi connectivity index (χ0v) is 12.7. The van der Waals surface area contributed by atoms with E-state index in [0.717, 1.165) is 25.1 Å². The van der Waals surface area contributed by atoms with Gasteiger partial charge < -0.3 is 10.8 Å². The molecule has 1 saturated heterocycles. The van der Waals surface area contributed by atoms with Crippen LogP contribution in [0.3, 0.4) is 0 Å². The van der Waals surface area contributed by atoms with Crippen molar-refractivity contribution in [3.8, 4) is 0 Å². The normalized spacial score (nSPS) is 21.4. The quantitative estimate of drug-likeness (QED) is 0.866. The first-order chi connectivity index (χ1) is 9.58. The van der Waals surface area contributed by atoms with Crippen LogP contribution in [-0.2, 0) is 6.42 Å². The number of nitrogens with zero attached hydrogens (tertiary/aromatic N) is 2. The van der Waals surface area contributed by atoms with Gasteiger partial charge in [0.15, 0.2) is 0 Å². The highest BCUT2D eigenvalue weighted by molar-refractivity contribution is 5.39. The van der Waals surface area contributed by atoms with Crippen LogP contribution in [0.15, 0.2) is 18.3 Å². The van der Waals surface area contributed by atoms with Crippen LogP contribution in [0.1, 0.15) is 45.1 Å². The summed E-state index contributed by atoms with van der Waals surface area (Å²) in [5.74, 6) is 0.531. The number of nitrogen functional groups attached to an aromatic ring is 1. The minimum Gasteiger partial charge on any atom is -0.391 e. The van der Waals surface area contributed by atoms with Crippen LogP contribution >= 0.6 is 0 Å². The lowest BCUT2D eigenvalue weighted by Crippen LogP contribution is -2.56. The SMILES string of the molecule is CCC(C)(C(O)Cc1cccnc1N)N1CCCCC1. The first-order valence-corrected chi connectivity index (χ1v) is 7.70. The van der Waals surface area contributed by atoms with E-state index in [1.165, 1.54) is 19.3 Å². The van der Waals surface area contributed by atoms with Gasteiger partial charge in [-0.25, -0.2) is 4.98 Å². The molecule has 0 bridgehead atoms. The molecule has 1 aromatic heterocycles. The van der Waals surface area contributed by atoms with Gasteiger partial charge in [0.05, 0.1) is 6.10 Å². The second-order valence-corrected chi connectivity index (χ2v) is 6.03. The Balaban J connectivity index is 2.11. The number of likely N-dealkylation sites (tertiary alicyclic amines) is 1. The monoisotopic (exact) mass is 277 g/mol. The molecule has 112 valence electrons. The molecule has 0 radical (unpaired) electrons. The fourth-order valence-electron chi connectivity index (χ4n) is 3.13. The molecule has 4 nitrogen and oxygen atoms in total. The number of aliphatic hydroxyl groups is 1. The average molecular weight is 277 g/mol. The molecule has 3 N–H and O–H groups in total. The number of nitrogens with two attached hydrogens (primary N) is 1. The number of rotatable bonds is 5. The molecule has 0 aliphatic carbocycles. The molecular weight excluding hydrogens is 250 g/mol.